The highest BCUT2D eigenvalue weighted by Gasteiger charge is 2.15. The Hall–Kier alpha value is -1.10. The van der Waals surface area contributed by atoms with Crippen molar-refractivity contribution in [2.24, 2.45) is 0 Å². The number of nitrogens with one attached hydrogen (secondary N) is 1. The summed E-state index contributed by atoms with van der Waals surface area (Å²) in [5.74, 6) is 0.871. The van der Waals surface area contributed by atoms with E-state index < -0.39 is 6.29 Å². The van der Waals surface area contributed by atoms with E-state index in [0.717, 1.165) is 25.3 Å². The van der Waals surface area contributed by atoms with Crippen molar-refractivity contribution in [3.8, 4) is 5.75 Å². The number of aliphatic hydroxyl groups is 1. The summed E-state index contributed by atoms with van der Waals surface area (Å²) in [7, 11) is 1.66. The highest BCUT2D eigenvalue weighted by Crippen LogP contribution is 2.13. The lowest BCUT2D eigenvalue weighted by atomic mass is 10.2. The molecule has 0 radical (unpaired) electrons. The van der Waals surface area contributed by atoms with Gasteiger partial charge in [-0.25, -0.2) is 0 Å². The Morgan fingerprint density at radius 1 is 1.20 bits per heavy atom. The molecule has 1 rings (SSSR count). The van der Waals surface area contributed by atoms with Gasteiger partial charge in [0.05, 0.1) is 12.7 Å². The number of rotatable bonds is 8. The van der Waals surface area contributed by atoms with Gasteiger partial charge in [0.15, 0.2) is 6.29 Å². The molecule has 4 nitrogen and oxygen atoms in total. The van der Waals surface area contributed by atoms with E-state index in [1.54, 1.807) is 7.11 Å². The zero-order valence-electron chi connectivity index (χ0n) is 13.0. The van der Waals surface area contributed by atoms with Crippen LogP contribution in [0.4, 0.5) is 0 Å². The summed E-state index contributed by atoms with van der Waals surface area (Å²) in [6, 6.07) is 8.00. The van der Waals surface area contributed by atoms with Gasteiger partial charge in [0.1, 0.15) is 5.75 Å². The zero-order valence-corrected chi connectivity index (χ0v) is 13.0. The van der Waals surface area contributed by atoms with Crippen LogP contribution in [0.5, 0.6) is 5.75 Å². The molecule has 0 aliphatic rings. The fourth-order valence-electron chi connectivity index (χ4n) is 1.84. The molecule has 1 atom stereocenters. The summed E-state index contributed by atoms with van der Waals surface area (Å²) in [6.07, 6.45) is 0.845. The van der Waals surface area contributed by atoms with E-state index in [9.17, 15) is 5.11 Å². The molecule has 0 aromatic heterocycles. The Kier molecular flexibility index (Phi) is 6.99. The molecule has 0 spiro atoms. The average Bonchev–Trinajstić information content (AvgIpc) is 2.37. The van der Waals surface area contributed by atoms with Gasteiger partial charge in [-0.2, -0.15) is 0 Å². The van der Waals surface area contributed by atoms with E-state index >= 15 is 0 Å². The fraction of sp³-hybridized carbons (Fsp3) is 0.625. The van der Waals surface area contributed by atoms with Crippen molar-refractivity contribution in [2.45, 2.75) is 52.0 Å². The van der Waals surface area contributed by atoms with Crippen molar-refractivity contribution in [1.82, 2.24) is 5.32 Å². The lowest BCUT2D eigenvalue weighted by molar-refractivity contribution is -0.168. The van der Waals surface area contributed by atoms with Gasteiger partial charge >= 0.3 is 0 Å². The molecule has 4 heteroatoms. The highest BCUT2D eigenvalue weighted by molar-refractivity contribution is 5.26. The quantitative estimate of drug-likeness (QED) is 0.568. The number of ether oxygens (including phenoxy) is 2. The van der Waals surface area contributed by atoms with Gasteiger partial charge in [-0.05, 0) is 57.9 Å². The summed E-state index contributed by atoms with van der Waals surface area (Å²) in [4.78, 5) is 0. The lowest BCUT2D eigenvalue weighted by Gasteiger charge is -2.23. The minimum Gasteiger partial charge on any atom is -0.497 e. The summed E-state index contributed by atoms with van der Waals surface area (Å²) < 4.78 is 10.6. The van der Waals surface area contributed by atoms with Crippen molar-refractivity contribution in [3.63, 3.8) is 0 Å². The molecule has 0 amide bonds. The van der Waals surface area contributed by atoms with E-state index in [1.165, 1.54) is 5.56 Å². The first-order valence-corrected chi connectivity index (χ1v) is 7.10. The van der Waals surface area contributed by atoms with Crippen LogP contribution in [0.15, 0.2) is 24.3 Å². The van der Waals surface area contributed by atoms with E-state index in [-0.39, 0.29) is 5.60 Å². The second-order valence-corrected chi connectivity index (χ2v) is 5.85. The summed E-state index contributed by atoms with van der Waals surface area (Å²) >= 11 is 0. The first kappa shape index (κ1) is 17.0. The van der Waals surface area contributed by atoms with Crippen molar-refractivity contribution in [3.05, 3.63) is 29.8 Å². The molecule has 114 valence electrons. The van der Waals surface area contributed by atoms with Gasteiger partial charge in [0, 0.05) is 6.54 Å². The van der Waals surface area contributed by atoms with Crippen LogP contribution in [0.3, 0.4) is 0 Å². The SMILES string of the molecule is COc1ccc(CNCCCC(O)OC(C)(C)C)cc1. The molecule has 2 N–H and O–H groups in total. The molecule has 0 fully saturated rings. The third-order valence-electron chi connectivity index (χ3n) is 2.78. The maximum atomic E-state index is 9.69. The molecular weight excluding hydrogens is 254 g/mol. The van der Waals surface area contributed by atoms with Crippen LogP contribution in [0.2, 0.25) is 0 Å². The van der Waals surface area contributed by atoms with E-state index in [2.05, 4.69) is 5.32 Å². The predicted molar refractivity (Wildman–Crippen MR) is 80.8 cm³/mol. The summed E-state index contributed by atoms with van der Waals surface area (Å²) in [5, 5.41) is 13.0. The number of hydrogen-bond acceptors (Lipinski definition) is 4. The molecule has 1 aromatic carbocycles. The third kappa shape index (κ3) is 7.48. The van der Waals surface area contributed by atoms with Gasteiger partial charge in [0.25, 0.3) is 0 Å². The topological polar surface area (TPSA) is 50.7 Å². The van der Waals surface area contributed by atoms with Crippen LogP contribution in [0.25, 0.3) is 0 Å². The Bertz CT molecular complexity index is 370. The first-order valence-electron chi connectivity index (χ1n) is 7.10. The number of methoxy groups -OCH3 is 1. The second kappa shape index (κ2) is 8.25. The van der Waals surface area contributed by atoms with Crippen LogP contribution in [-0.2, 0) is 11.3 Å². The van der Waals surface area contributed by atoms with E-state index in [4.69, 9.17) is 9.47 Å². The predicted octanol–water partition coefficient (Wildman–Crippen LogP) is 2.70. The van der Waals surface area contributed by atoms with Crippen LogP contribution in [0, 0.1) is 0 Å². The fourth-order valence-corrected chi connectivity index (χ4v) is 1.84. The Labute approximate surface area is 122 Å². The standard InChI is InChI=1S/C16H27NO3/c1-16(2,3)20-15(18)6-5-11-17-12-13-7-9-14(19-4)10-8-13/h7-10,15,17-18H,5-6,11-12H2,1-4H3. The molecule has 0 saturated heterocycles. The van der Waals surface area contributed by atoms with Crippen molar-refractivity contribution < 1.29 is 14.6 Å². The minimum atomic E-state index is -0.683. The molecule has 1 unspecified atom stereocenters. The maximum Gasteiger partial charge on any atom is 0.155 e. The minimum absolute atomic E-state index is 0.296. The molecule has 0 aliphatic carbocycles. The van der Waals surface area contributed by atoms with E-state index in [0.29, 0.717) is 6.42 Å². The first-order chi connectivity index (χ1) is 9.40. The molecule has 0 bridgehead atoms. The Balaban J connectivity index is 2.12. The average molecular weight is 281 g/mol. The monoisotopic (exact) mass is 281 g/mol. The van der Waals surface area contributed by atoms with E-state index in [1.807, 2.05) is 45.0 Å². The lowest BCUT2D eigenvalue weighted by Crippen LogP contribution is -2.28. The number of aliphatic hydroxyl groups excluding tert-OH is 1. The summed E-state index contributed by atoms with van der Waals surface area (Å²) in [5.41, 5.74) is 0.924. The largest absolute Gasteiger partial charge is 0.497 e. The molecule has 0 saturated carbocycles. The second-order valence-electron chi connectivity index (χ2n) is 5.85. The van der Waals surface area contributed by atoms with Gasteiger partial charge in [-0.15, -0.1) is 0 Å². The van der Waals surface area contributed by atoms with Gasteiger partial charge in [0.2, 0.25) is 0 Å². The number of hydrogen-bond donors (Lipinski definition) is 2. The normalized spacial score (nSPS) is 13.2. The third-order valence-corrected chi connectivity index (χ3v) is 2.78. The molecule has 0 aliphatic heterocycles. The van der Waals surface area contributed by atoms with Crippen LogP contribution >= 0.6 is 0 Å². The zero-order chi connectivity index (χ0) is 15.0. The molecule has 0 heterocycles. The van der Waals surface area contributed by atoms with Crippen LogP contribution < -0.4 is 10.1 Å². The molecule has 20 heavy (non-hydrogen) atoms. The van der Waals surface area contributed by atoms with Crippen molar-refractivity contribution >= 4 is 0 Å². The Morgan fingerprint density at radius 3 is 2.40 bits per heavy atom. The Morgan fingerprint density at radius 2 is 1.85 bits per heavy atom. The maximum absolute atomic E-state index is 9.69. The summed E-state index contributed by atoms with van der Waals surface area (Å²) in [6.45, 7) is 7.51. The van der Waals surface area contributed by atoms with Crippen molar-refractivity contribution in [1.29, 1.82) is 0 Å². The van der Waals surface area contributed by atoms with Crippen LogP contribution in [-0.4, -0.2) is 30.7 Å². The van der Waals surface area contributed by atoms with Crippen molar-refractivity contribution in [2.75, 3.05) is 13.7 Å². The highest BCUT2D eigenvalue weighted by atomic mass is 16.6. The molecule has 1 aromatic rings. The van der Waals surface area contributed by atoms with Gasteiger partial charge < -0.3 is 19.9 Å². The van der Waals surface area contributed by atoms with Gasteiger partial charge in [-0.1, -0.05) is 12.1 Å². The van der Waals surface area contributed by atoms with Crippen LogP contribution in [0.1, 0.15) is 39.2 Å². The number of benzene rings is 1. The molecular formula is C16H27NO3. The van der Waals surface area contributed by atoms with Gasteiger partial charge in [-0.3, -0.25) is 0 Å². The smallest absolute Gasteiger partial charge is 0.155 e.